The molecule has 0 spiro atoms. The summed E-state index contributed by atoms with van der Waals surface area (Å²) in [5.74, 6) is 1.54. The Bertz CT molecular complexity index is 520. The highest BCUT2D eigenvalue weighted by Crippen LogP contribution is 2.37. The largest absolute Gasteiger partial charge is 0.496 e. The fourth-order valence-corrected chi connectivity index (χ4v) is 2.14. The predicted octanol–water partition coefficient (Wildman–Crippen LogP) is 4.58. The van der Waals surface area contributed by atoms with Gasteiger partial charge in [0.2, 0.25) is 0 Å². The molecule has 0 radical (unpaired) electrons. The maximum atomic E-state index is 6.40. The highest BCUT2D eigenvalue weighted by atomic mass is 35.5. The lowest BCUT2D eigenvalue weighted by molar-refractivity contribution is 0.410. The van der Waals surface area contributed by atoms with Gasteiger partial charge in [-0.15, -0.1) is 11.6 Å². The zero-order valence-electron chi connectivity index (χ0n) is 9.54. The van der Waals surface area contributed by atoms with Gasteiger partial charge >= 0.3 is 0 Å². The third-order valence-electron chi connectivity index (χ3n) is 2.51. The molecular weight excluding hydrogens is 259 g/mol. The molecule has 0 aliphatic rings. The summed E-state index contributed by atoms with van der Waals surface area (Å²) in [6, 6.07) is 7.28. The van der Waals surface area contributed by atoms with E-state index < -0.39 is 0 Å². The molecule has 2 rings (SSSR count). The Morgan fingerprint density at radius 1 is 1.29 bits per heavy atom. The first-order chi connectivity index (χ1) is 8.11. The number of rotatable bonds is 3. The third-order valence-corrected chi connectivity index (χ3v) is 3.23. The first kappa shape index (κ1) is 12.3. The first-order valence-electron chi connectivity index (χ1n) is 5.14. The number of methoxy groups -OCH3 is 1. The average Bonchev–Trinajstić information content (AvgIpc) is 2.75. The molecule has 0 aliphatic carbocycles. The van der Waals surface area contributed by atoms with Gasteiger partial charge in [-0.2, -0.15) is 0 Å². The summed E-state index contributed by atoms with van der Waals surface area (Å²) in [6.07, 6.45) is 1.65. The molecule has 2 aromatic rings. The van der Waals surface area contributed by atoms with Crippen LogP contribution < -0.4 is 4.74 Å². The number of aryl methyl sites for hydroxylation is 1. The van der Waals surface area contributed by atoms with E-state index in [9.17, 15) is 0 Å². The Morgan fingerprint density at radius 3 is 2.65 bits per heavy atom. The minimum atomic E-state index is -0.332. The summed E-state index contributed by atoms with van der Waals surface area (Å²) in [6.45, 7) is 1.88. The van der Waals surface area contributed by atoms with E-state index in [1.807, 2.05) is 13.0 Å². The SMILES string of the molecule is COc1ccc(Cl)cc1C(Cl)c1coc(C)c1. The highest BCUT2D eigenvalue weighted by molar-refractivity contribution is 6.31. The summed E-state index contributed by atoms with van der Waals surface area (Å²) in [7, 11) is 1.61. The third kappa shape index (κ3) is 2.59. The van der Waals surface area contributed by atoms with E-state index in [2.05, 4.69) is 0 Å². The zero-order chi connectivity index (χ0) is 12.4. The van der Waals surface area contributed by atoms with Crippen molar-refractivity contribution in [2.24, 2.45) is 0 Å². The highest BCUT2D eigenvalue weighted by Gasteiger charge is 2.17. The summed E-state index contributed by atoms with van der Waals surface area (Å²) in [5, 5.41) is 0.299. The van der Waals surface area contributed by atoms with Crippen molar-refractivity contribution in [3.8, 4) is 5.75 Å². The van der Waals surface area contributed by atoms with Crippen LogP contribution in [0.3, 0.4) is 0 Å². The number of halogens is 2. The van der Waals surface area contributed by atoms with Crippen LogP contribution in [0, 0.1) is 6.92 Å². The molecule has 0 bridgehead atoms. The molecule has 0 saturated heterocycles. The Labute approximate surface area is 110 Å². The minimum Gasteiger partial charge on any atom is -0.496 e. The molecule has 0 saturated carbocycles. The maximum absolute atomic E-state index is 6.40. The monoisotopic (exact) mass is 270 g/mol. The van der Waals surface area contributed by atoms with Crippen molar-refractivity contribution in [2.75, 3.05) is 7.11 Å². The molecule has 0 aliphatic heterocycles. The van der Waals surface area contributed by atoms with Gasteiger partial charge in [-0.05, 0) is 31.2 Å². The predicted molar refractivity (Wildman–Crippen MR) is 69.1 cm³/mol. The van der Waals surface area contributed by atoms with E-state index in [-0.39, 0.29) is 5.38 Å². The van der Waals surface area contributed by atoms with E-state index in [1.165, 1.54) is 0 Å². The van der Waals surface area contributed by atoms with Gasteiger partial charge in [0, 0.05) is 16.1 Å². The lowest BCUT2D eigenvalue weighted by Gasteiger charge is -2.12. The Kier molecular flexibility index (Phi) is 3.65. The average molecular weight is 271 g/mol. The van der Waals surface area contributed by atoms with Crippen molar-refractivity contribution in [1.29, 1.82) is 0 Å². The van der Waals surface area contributed by atoms with Crippen LogP contribution in [0.4, 0.5) is 0 Å². The second kappa shape index (κ2) is 5.03. The van der Waals surface area contributed by atoms with Crippen LogP contribution in [0.15, 0.2) is 34.9 Å². The van der Waals surface area contributed by atoms with Crippen molar-refractivity contribution >= 4 is 23.2 Å². The number of alkyl halides is 1. The summed E-state index contributed by atoms with van der Waals surface area (Å²) < 4.78 is 10.5. The molecule has 0 amide bonds. The normalized spacial score (nSPS) is 12.5. The van der Waals surface area contributed by atoms with E-state index in [0.29, 0.717) is 10.8 Å². The molecule has 17 heavy (non-hydrogen) atoms. The van der Waals surface area contributed by atoms with Gasteiger partial charge in [0.1, 0.15) is 11.5 Å². The van der Waals surface area contributed by atoms with Crippen LogP contribution in [0.5, 0.6) is 5.75 Å². The van der Waals surface area contributed by atoms with Gasteiger partial charge < -0.3 is 9.15 Å². The van der Waals surface area contributed by atoms with Crippen molar-refractivity contribution in [2.45, 2.75) is 12.3 Å². The van der Waals surface area contributed by atoms with Gasteiger partial charge in [-0.1, -0.05) is 11.6 Å². The van der Waals surface area contributed by atoms with Gasteiger partial charge in [0.15, 0.2) is 0 Å². The molecular formula is C13H12Cl2O2. The fourth-order valence-electron chi connectivity index (χ4n) is 1.68. The zero-order valence-corrected chi connectivity index (χ0v) is 11.0. The Balaban J connectivity index is 2.42. The molecule has 2 nitrogen and oxygen atoms in total. The molecule has 4 heteroatoms. The minimum absolute atomic E-state index is 0.332. The molecule has 1 heterocycles. The van der Waals surface area contributed by atoms with Crippen LogP contribution in [0.2, 0.25) is 5.02 Å². The molecule has 1 unspecified atom stereocenters. The lowest BCUT2D eigenvalue weighted by Crippen LogP contribution is -1.96. The quantitative estimate of drug-likeness (QED) is 0.762. The standard InChI is InChI=1S/C13H12Cl2O2/c1-8-5-9(7-17-8)13(15)11-6-10(14)3-4-12(11)16-2/h3-7,13H,1-2H3. The Hall–Kier alpha value is -1.12. The van der Waals surface area contributed by atoms with Crippen LogP contribution in [-0.2, 0) is 0 Å². The van der Waals surface area contributed by atoms with E-state index in [1.54, 1.807) is 31.6 Å². The van der Waals surface area contributed by atoms with Crippen LogP contribution in [0.1, 0.15) is 22.3 Å². The van der Waals surface area contributed by atoms with Crippen LogP contribution in [0.25, 0.3) is 0 Å². The molecule has 1 atom stereocenters. The summed E-state index contributed by atoms with van der Waals surface area (Å²) >= 11 is 12.4. The number of benzene rings is 1. The number of hydrogen-bond donors (Lipinski definition) is 0. The summed E-state index contributed by atoms with van der Waals surface area (Å²) in [5.41, 5.74) is 1.73. The van der Waals surface area contributed by atoms with Gasteiger partial charge in [0.25, 0.3) is 0 Å². The van der Waals surface area contributed by atoms with E-state index in [0.717, 1.165) is 16.9 Å². The molecule has 90 valence electrons. The second-order valence-electron chi connectivity index (χ2n) is 3.74. The molecule has 1 aromatic carbocycles. The molecule has 0 fully saturated rings. The van der Waals surface area contributed by atoms with Crippen molar-refractivity contribution in [3.63, 3.8) is 0 Å². The van der Waals surface area contributed by atoms with Gasteiger partial charge in [-0.25, -0.2) is 0 Å². The van der Waals surface area contributed by atoms with Crippen molar-refractivity contribution < 1.29 is 9.15 Å². The maximum Gasteiger partial charge on any atom is 0.124 e. The van der Waals surface area contributed by atoms with Gasteiger partial charge in [-0.3, -0.25) is 0 Å². The number of furan rings is 1. The second-order valence-corrected chi connectivity index (χ2v) is 4.61. The van der Waals surface area contributed by atoms with E-state index >= 15 is 0 Å². The van der Waals surface area contributed by atoms with Crippen molar-refractivity contribution in [1.82, 2.24) is 0 Å². The number of hydrogen-bond acceptors (Lipinski definition) is 2. The lowest BCUT2D eigenvalue weighted by atomic mass is 10.1. The topological polar surface area (TPSA) is 22.4 Å². The van der Waals surface area contributed by atoms with Crippen LogP contribution >= 0.6 is 23.2 Å². The van der Waals surface area contributed by atoms with Crippen LogP contribution in [-0.4, -0.2) is 7.11 Å². The van der Waals surface area contributed by atoms with Crippen molar-refractivity contribution in [3.05, 3.63) is 52.4 Å². The summed E-state index contributed by atoms with van der Waals surface area (Å²) in [4.78, 5) is 0. The molecule has 0 N–H and O–H groups in total. The Morgan fingerprint density at radius 2 is 2.06 bits per heavy atom. The first-order valence-corrected chi connectivity index (χ1v) is 5.96. The smallest absolute Gasteiger partial charge is 0.124 e. The fraction of sp³-hybridized carbons (Fsp3) is 0.231. The number of ether oxygens (including phenoxy) is 1. The van der Waals surface area contributed by atoms with E-state index in [4.69, 9.17) is 32.4 Å². The van der Waals surface area contributed by atoms with Gasteiger partial charge in [0.05, 0.1) is 18.8 Å². The molecule has 1 aromatic heterocycles.